The Morgan fingerprint density at radius 2 is 1.89 bits per heavy atom. The lowest BCUT2D eigenvalue weighted by Gasteiger charge is -2.07. The van der Waals surface area contributed by atoms with Crippen molar-refractivity contribution < 1.29 is 9.47 Å². The highest BCUT2D eigenvalue weighted by Gasteiger charge is 2.16. The Labute approximate surface area is 165 Å². The van der Waals surface area contributed by atoms with Gasteiger partial charge in [-0.2, -0.15) is 0 Å². The molecule has 4 aromatic rings. The maximum atomic E-state index is 13.1. The molecule has 140 valence electrons. The summed E-state index contributed by atoms with van der Waals surface area (Å²) in [5.74, 6) is 0.958. The second kappa shape index (κ2) is 7.66. The van der Waals surface area contributed by atoms with E-state index in [2.05, 4.69) is 9.97 Å². The molecule has 0 aliphatic rings. The molecule has 0 radical (unpaired) electrons. The van der Waals surface area contributed by atoms with Crippen molar-refractivity contribution in [3.05, 3.63) is 75.8 Å². The fourth-order valence-corrected chi connectivity index (χ4v) is 3.76. The monoisotopic (exact) mass is 391 g/mol. The van der Waals surface area contributed by atoms with Crippen LogP contribution in [0.5, 0.6) is 11.5 Å². The van der Waals surface area contributed by atoms with Crippen LogP contribution in [-0.2, 0) is 0 Å². The van der Waals surface area contributed by atoms with E-state index in [-0.39, 0.29) is 11.3 Å². The van der Waals surface area contributed by atoms with Crippen LogP contribution in [-0.4, -0.2) is 28.6 Å². The number of thiazole rings is 1. The summed E-state index contributed by atoms with van der Waals surface area (Å²) < 4.78 is 12.2. The molecule has 0 saturated heterocycles. The van der Waals surface area contributed by atoms with Gasteiger partial charge in [0.1, 0.15) is 11.4 Å². The molecule has 7 heteroatoms. The zero-order valence-corrected chi connectivity index (χ0v) is 16.1. The highest BCUT2D eigenvalue weighted by atomic mass is 32.1. The third kappa shape index (κ3) is 3.27. The van der Waals surface area contributed by atoms with Crippen LogP contribution < -0.4 is 15.0 Å². The molecule has 0 atom stereocenters. The molecule has 3 heterocycles. The fourth-order valence-electron chi connectivity index (χ4n) is 2.87. The Bertz CT molecular complexity index is 1200. The molecule has 0 N–H and O–H groups in total. The molecule has 1 aromatic carbocycles. The lowest BCUT2D eigenvalue weighted by Crippen LogP contribution is -2.18. The van der Waals surface area contributed by atoms with Crippen molar-refractivity contribution in [2.45, 2.75) is 0 Å². The van der Waals surface area contributed by atoms with Gasteiger partial charge in [0.25, 0.3) is 0 Å². The van der Waals surface area contributed by atoms with Crippen molar-refractivity contribution in [1.82, 2.24) is 14.4 Å². The number of pyridine rings is 1. The van der Waals surface area contributed by atoms with E-state index in [0.717, 1.165) is 22.6 Å². The molecule has 0 fully saturated rings. The summed E-state index contributed by atoms with van der Waals surface area (Å²) >= 11 is 1.41. The second-order valence-electron chi connectivity index (χ2n) is 5.92. The number of hydrogen-bond donors (Lipinski definition) is 0. The van der Waals surface area contributed by atoms with E-state index >= 15 is 0 Å². The van der Waals surface area contributed by atoms with E-state index in [1.807, 2.05) is 47.9 Å². The molecule has 0 aliphatic heterocycles. The lowest BCUT2D eigenvalue weighted by molar-refractivity contribution is 0.404. The Kier molecular flexibility index (Phi) is 4.90. The topological polar surface area (TPSA) is 65.7 Å². The van der Waals surface area contributed by atoms with Crippen LogP contribution in [0.2, 0.25) is 0 Å². The Hall–Kier alpha value is -3.45. The van der Waals surface area contributed by atoms with E-state index in [1.54, 1.807) is 30.0 Å². The minimum Gasteiger partial charge on any atom is -0.497 e. The number of fused-ring (bicyclic) bond motifs is 1. The third-order valence-corrected chi connectivity index (χ3v) is 5.09. The summed E-state index contributed by atoms with van der Waals surface area (Å²) in [5, 5.41) is 1.92. The van der Waals surface area contributed by atoms with E-state index in [0.29, 0.717) is 10.7 Å². The van der Waals surface area contributed by atoms with Crippen LogP contribution in [0.1, 0.15) is 11.3 Å². The van der Waals surface area contributed by atoms with Gasteiger partial charge in [0, 0.05) is 17.8 Å². The number of ether oxygens (including phenoxy) is 2. The quantitative estimate of drug-likeness (QED) is 0.514. The van der Waals surface area contributed by atoms with Gasteiger partial charge in [0.2, 0.25) is 5.75 Å². The summed E-state index contributed by atoms with van der Waals surface area (Å²) in [6.07, 6.45) is 7.07. The number of hydrogen-bond acceptors (Lipinski definition) is 6. The molecule has 0 aliphatic carbocycles. The molecule has 0 bridgehead atoms. The van der Waals surface area contributed by atoms with Crippen LogP contribution in [0.3, 0.4) is 0 Å². The lowest BCUT2D eigenvalue weighted by atomic mass is 10.1. The smallest absolute Gasteiger partial charge is 0.302 e. The predicted molar refractivity (Wildman–Crippen MR) is 111 cm³/mol. The standard InChI is InChI=1S/C21H17N3O3S/c1-26-16-8-6-15(7-9-16)18-13-28-21-23-17(19(27-2)20(25)24(18)21)10-5-14-4-3-11-22-12-14/h3-13H,1-2H3. The highest BCUT2D eigenvalue weighted by molar-refractivity contribution is 7.15. The van der Waals surface area contributed by atoms with Crippen LogP contribution in [0.15, 0.2) is 59.0 Å². The van der Waals surface area contributed by atoms with Gasteiger partial charge in [-0.3, -0.25) is 9.78 Å². The average Bonchev–Trinajstić information content (AvgIpc) is 3.17. The first kappa shape index (κ1) is 17.9. The molecule has 0 saturated carbocycles. The molecule has 4 rings (SSSR count). The molecule has 0 amide bonds. The van der Waals surface area contributed by atoms with Gasteiger partial charge in [0.05, 0.1) is 19.9 Å². The predicted octanol–water partition coefficient (Wildman–Crippen LogP) is 4.01. The van der Waals surface area contributed by atoms with Gasteiger partial charge >= 0.3 is 5.56 Å². The van der Waals surface area contributed by atoms with E-state index in [4.69, 9.17) is 9.47 Å². The number of nitrogens with zero attached hydrogens (tertiary/aromatic N) is 3. The SMILES string of the molecule is COc1ccc(-c2csc3nc(C=Cc4cccnc4)c(OC)c(=O)n23)cc1. The van der Waals surface area contributed by atoms with Crippen molar-refractivity contribution in [2.75, 3.05) is 14.2 Å². The fraction of sp³-hybridized carbons (Fsp3) is 0.0952. The first-order valence-electron chi connectivity index (χ1n) is 8.52. The number of aromatic nitrogens is 3. The largest absolute Gasteiger partial charge is 0.497 e. The molecule has 6 nitrogen and oxygen atoms in total. The average molecular weight is 391 g/mol. The van der Waals surface area contributed by atoms with Crippen LogP contribution in [0, 0.1) is 0 Å². The molecule has 0 spiro atoms. The molecule has 0 unspecified atom stereocenters. The van der Waals surface area contributed by atoms with Gasteiger partial charge in [-0.1, -0.05) is 12.1 Å². The molecular weight excluding hydrogens is 374 g/mol. The summed E-state index contributed by atoms with van der Waals surface area (Å²) in [6, 6.07) is 11.3. The summed E-state index contributed by atoms with van der Waals surface area (Å²) in [5.41, 5.74) is 2.82. The molecular formula is C21H17N3O3S. The molecule has 3 aromatic heterocycles. The van der Waals surface area contributed by atoms with Gasteiger partial charge in [-0.05, 0) is 47.5 Å². The van der Waals surface area contributed by atoms with Crippen molar-refractivity contribution in [3.8, 4) is 22.8 Å². The third-order valence-electron chi connectivity index (χ3n) is 4.26. The van der Waals surface area contributed by atoms with Gasteiger partial charge in [0.15, 0.2) is 4.96 Å². The highest BCUT2D eigenvalue weighted by Crippen LogP contribution is 2.28. The minimum absolute atomic E-state index is 0.200. The van der Waals surface area contributed by atoms with Crippen molar-refractivity contribution >= 4 is 28.4 Å². The summed E-state index contributed by atoms with van der Waals surface area (Å²) in [6.45, 7) is 0. The summed E-state index contributed by atoms with van der Waals surface area (Å²) in [4.78, 5) is 22.4. The molecule has 28 heavy (non-hydrogen) atoms. The van der Waals surface area contributed by atoms with Crippen LogP contribution in [0.25, 0.3) is 28.4 Å². The van der Waals surface area contributed by atoms with Crippen LogP contribution in [0.4, 0.5) is 0 Å². The summed E-state index contributed by atoms with van der Waals surface area (Å²) in [7, 11) is 3.10. The van der Waals surface area contributed by atoms with Gasteiger partial charge < -0.3 is 9.47 Å². The minimum atomic E-state index is -0.245. The van der Waals surface area contributed by atoms with Crippen LogP contribution >= 0.6 is 11.3 Å². The normalized spacial score (nSPS) is 11.2. The first-order valence-corrected chi connectivity index (χ1v) is 9.40. The Morgan fingerprint density at radius 1 is 1.07 bits per heavy atom. The maximum Gasteiger partial charge on any atom is 0.302 e. The van der Waals surface area contributed by atoms with E-state index < -0.39 is 0 Å². The number of benzene rings is 1. The number of methoxy groups -OCH3 is 2. The van der Waals surface area contributed by atoms with Crippen molar-refractivity contribution in [3.63, 3.8) is 0 Å². The number of rotatable bonds is 5. The second-order valence-corrected chi connectivity index (χ2v) is 6.76. The maximum absolute atomic E-state index is 13.1. The van der Waals surface area contributed by atoms with Crippen molar-refractivity contribution in [1.29, 1.82) is 0 Å². The zero-order valence-electron chi connectivity index (χ0n) is 15.3. The van der Waals surface area contributed by atoms with E-state index in [1.165, 1.54) is 18.4 Å². The Balaban J connectivity index is 1.83. The van der Waals surface area contributed by atoms with E-state index in [9.17, 15) is 4.79 Å². The Morgan fingerprint density at radius 3 is 2.57 bits per heavy atom. The van der Waals surface area contributed by atoms with Crippen molar-refractivity contribution in [2.24, 2.45) is 0 Å². The van der Waals surface area contributed by atoms with Gasteiger partial charge in [-0.25, -0.2) is 9.38 Å². The first-order chi connectivity index (χ1) is 13.7. The van der Waals surface area contributed by atoms with Gasteiger partial charge in [-0.15, -0.1) is 11.3 Å². The zero-order chi connectivity index (χ0) is 19.5.